The number of carbonyl (C=O) groups excluding carboxylic acids is 2. The van der Waals surface area contributed by atoms with Gasteiger partial charge in [0.25, 0.3) is 0 Å². The first-order chi connectivity index (χ1) is 28.2. The number of unbranched alkanes of at least 4 members (excludes halogenated alkanes) is 5. The third-order valence-electron chi connectivity index (χ3n) is 15.7. The number of allylic oxidation sites excluding steroid dienone is 1. The van der Waals surface area contributed by atoms with Crippen LogP contribution in [-0.4, -0.2) is 60.6 Å². The Hall–Kier alpha value is -2.38. The zero-order chi connectivity index (χ0) is 44.3. The van der Waals surface area contributed by atoms with Crippen LogP contribution in [0.2, 0.25) is 0 Å². The van der Waals surface area contributed by atoms with Crippen LogP contribution in [-0.2, 0) is 14.2 Å². The highest BCUT2D eigenvalue weighted by atomic mass is 16.6. The van der Waals surface area contributed by atoms with Crippen LogP contribution >= 0.6 is 0 Å². The molecular weight excluding hydrogens is 747 g/mol. The molecule has 8 heteroatoms. The van der Waals surface area contributed by atoms with Crippen molar-refractivity contribution in [3.63, 3.8) is 0 Å². The van der Waals surface area contributed by atoms with Gasteiger partial charge >= 0.3 is 12.2 Å². The molecule has 2 amide bonds. The molecule has 0 saturated heterocycles. The van der Waals surface area contributed by atoms with E-state index < -0.39 is 11.7 Å². The molecule has 8 nitrogen and oxygen atoms in total. The SMILES string of the molecule is C=C(NCCCCCCCCN(CCCNC(=O)OC(C)(C)C)C(=O)O[C@H]1CC[C@@]2(C)C(=CC[C@H]3[C@@H]4CC[C@H]([C@H](C)CC[C@@H](CC)C(C)C)[C@@]4(C)CC[C@@H]32)C1)OC(C)(C)C. The van der Waals surface area contributed by atoms with E-state index in [0.29, 0.717) is 37.4 Å². The number of rotatable bonds is 22. The predicted octanol–water partition coefficient (Wildman–Crippen LogP) is 13.6. The van der Waals surface area contributed by atoms with E-state index in [9.17, 15) is 9.59 Å². The number of nitrogens with zero attached hydrogens (tertiary/aromatic N) is 1. The van der Waals surface area contributed by atoms with E-state index in [0.717, 1.165) is 106 Å². The second-order valence-corrected chi connectivity index (χ2v) is 22.7. The fraction of sp³-hybridized carbons (Fsp3) is 0.885. The highest BCUT2D eigenvalue weighted by molar-refractivity contribution is 5.68. The summed E-state index contributed by atoms with van der Waals surface area (Å²) in [5.41, 5.74) is 1.48. The van der Waals surface area contributed by atoms with Gasteiger partial charge in [-0.3, -0.25) is 0 Å². The van der Waals surface area contributed by atoms with Gasteiger partial charge in [-0.15, -0.1) is 0 Å². The molecule has 2 N–H and O–H groups in total. The van der Waals surface area contributed by atoms with Crippen LogP contribution in [0.25, 0.3) is 0 Å². The van der Waals surface area contributed by atoms with Crippen LogP contribution in [0.3, 0.4) is 0 Å². The van der Waals surface area contributed by atoms with Gasteiger partial charge in [0.15, 0.2) is 5.88 Å². The normalized spacial score (nSPS) is 28.7. The number of nitrogens with one attached hydrogen (secondary N) is 2. The first-order valence-electron chi connectivity index (χ1n) is 24.9. The van der Waals surface area contributed by atoms with Crippen LogP contribution in [0, 0.1) is 52.3 Å². The Kier molecular flexibility index (Phi) is 18.7. The lowest BCUT2D eigenvalue weighted by molar-refractivity contribution is -0.0595. The van der Waals surface area contributed by atoms with Crippen LogP contribution in [0.15, 0.2) is 24.1 Å². The highest BCUT2D eigenvalue weighted by Gasteiger charge is 2.59. The minimum atomic E-state index is -0.544. The Labute approximate surface area is 368 Å². The second-order valence-electron chi connectivity index (χ2n) is 22.7. The van der Waals surface area contributed by atoms with Crippen LogP contribution in [0.5, 0.6) is 0 Å². The molecule has 0 unspecified atom stereocenters. The molecule has 4 aliphatic rings. The van der Waals surface area contributed by atoms with Crippen molar-refractivity contribution in [2.24, 2.45) is 52.3 Å². The fourth-order valence-corrected chi connectivity index (χ4v) is 12.4. The molecule has 0 aromatic rings. The summed E-state index contributed by atoms with van der Waals surface area (Å²) in [4.78, 5) is 28.1. The van der Waals surface area contributed by atoms with Crippen molar-refractivity contribution in [2.45, 2.75) is 216 Å². The molecule has 3 saturated carbocycles. The summed E-state index contributed by atoms with van der Waals surface area (Å²) in [5.74, 6) is 6.36. The zero-order valence-corrected chi connectivity index (χ0v) is 40.9. The molecule has 0 aromatic heterocycles. The third-order valence-corrected chi connectivity index (χ3v) is 15.7. The molecule has 346 valence electrons. The number of carbonyl (C=O) groups is 2. The van der Waals surface area contributed by atoms with Gasteiger partial charge in [-0.25, -0.2) is 9.59 Å². The lowest BCUT2D eigenvalue weighted by Gasteiger charge is -2.58. The summed E-state index contributed by atoms with van der Waals surface area (Å²) in [6.45, 7) is 33.3. The van der Waals surface area contributed by atoms with E-state index in [2.05, 4.69) is 64.8 Å². The third kappa shape index (κ3) is 14.3. The number of fused-ring (bicyclic) bond motifs is 5. The van der Waals surface area contributed by atoms with Crippen molar-refractivity contribution in [1.82, 2.24) is 15.5 Å². The largest absolute Gasteiger partial charge is 0.474 e. The minimum Gasteiger partial charge on any atom is -0.474 e. The fourth-order valence-electron chi connectivity index (χ4n) is 12.4. The van der Waals surface area contributed by atoms with Crippen LogP contribution in [0.1, 0.15) is 199 Å². The van der Waals surface area contributed by atoms with Gasteiger partial charge in [-0.1, -0.05) is 91.7 Å². The Morgan fingerprint density at radius 2 is 1.47 bits per heavy atom. The van der Waals surface area contributed by atoms with E-state index in [1.54, 1.807) is 5.57 Å². The monoisotopic (exact) mass is 840 g/mol. The highest BCUT2D eigenvalue weighted by Crippen LogP contribution is 2.67. The first-order valence-corrected chi connectivity index (χ1v) is 24.9. The first kappa shape index (κ1) is 50.3. The van der Waals surface area contributed by atoms with Gasteiger partial charge in [-0.2, -0.15) is 0 Å². The molecule has 0 spiro atoms. The molecule has 4 aliphatic carbocycles. The molecule has 0 radical (unpaired) electrons. The van der Waals surface area contributed by atoms with Gasteiger partial charge in [0.05, 0.1) is 0 Å². The number of ether oxygens (including phenoxy) is 3. The molecule has 3 fully saturated rings. The molecule has 60 heavy (non-hydrogen) atoms. The molecular formula is C52H93N3O5. The van der Waals surface area contributed by atoms with Crippen molar-refractivity contribution >= 4 is 12.2 Å². The summed E-state index contributed by atoms with van der Waals surface area (Å²) in [6.07, 6.45) is 22.9. The van der Waals surface area contributed by atoms with Crippen LogP contribution in [0.4, 0.5) is 9.59 Å². The van der Waals surface area contributed by atoms with E-state index >= 15 is 0 Å². The molecule has 9 atom stereocenters. The van der Waals surface area contributed by atoms with Crippen LogP contribution < -0.4 is 10.6 Å². The van der Waals surface area contributed by atoms with Gasteiger partial charge in [-0.05, 0) is 171 Å². The lowest BCUT2D eigenvalue weighted by Crippen LogP contribution is -2.51. The second kappa shape index (κ2) is 22.3. The quantitative estimate of drug-likeness (QED) is 0.0641. The maximum atomic E-state index is 13.9. The average Bonchev–Trinajstić information content (AvgIpc) is 3.51. The van der Waals surface area contributed by atoms with Crippen molar-refractivity contribution in [3.8, 4) is 0 Å². The van der Waals surface area contributed by atoms with E-state index in [1.807, 2.05) is 46.4 Å². The minimum absolute atomic E-state index is 0.0717. The molecule has 0 aliphatic heterocycles. The molecule has 0 aromatic carbocycles. The maximum absolute atomic E-state index is 13.9. The van der Waals surface area contributed by atoms with Gasteiger partial charge in [0.1, 0.15) is 17.3 Å². The Morgan fingerprint density at radius 3 is 2.13 bits per heavy atom. The Bertz CT molecular complexity index is 1400. The lowest BCUT2D eigenvalue weighted by atomic mass is 9.47. The van der Waals surface area contributed by atoms with Gasteiger partial charge in [0, 0.05) is 32.6 Å². The van der Waals surface area contributed by atoms with Crippen molar-refractivity contribution in [2.75, 3.05) is 26.2 Å². The number of amides is 2. The average molecular weight is 840 g/mol. The van der Waals surface area contributed by atoms with Gasteiger partial charge in [0.2, 0.25) is 0 Å². The summed E-state index contributed by atoms with van der Waals surface area (Å²) in [5, 5.41) is 6.15. The molecule has 0 bridgehead atoms. The van der Waals surface area contributed by atoms with Crippen molar-refractivity contribution in [3.05, 3.63) is 24.1 Å². The smallest absolute Gasteiger partial charge is 0.410 e. The summed E-state index contributed by atoms with van der Waals surface area (Å²) in [7, 11) is 0. The zero-order valence-electron chi connectivity index (χ0n) is 40.9. The number of hydrogen-bond acceptors (Lipinski definition) is 6. The summed E-state index contributed by atoms with van der Waals surface area (Å²) < 4.78 is 17.6. The molecule has 0 heterocycles. The van der Waals surface area contributed by atoms with E-state index in [-0.39, 0.29) is 23.2 Å². The number of alkyl carbamates (subject to hydrolysis) is 1. The van der Waals surface area contributed by atoms with Crippen molar-refractivity contribution < 1.29 is 23.8 Å². The molecule has 4 rings (SSSR count). The predicted molar refractivity (Wildman–Crippen MR) is 249 cm³/mol. The maximum Gasteiger partial charge on any atom is 0.410 e. The number of hydrogen-bond donors (Lipinski definition) is 2. The van der Waals surface area contributed by atoms with E-state index in [4.69, 9.17) is 14.2 Å². The Morgan fingerprint density at radius 1 is 0.817 bits per heavy atom. The topological polar surface area (TPSA) is 89.1 Å². The summed E-state index contributed by atoms with van der Waals surface area (Å²) >= 11 is 0. The van der Waals surface area contributed by atoms with E-state index in [1.165, 1.54) is 51.4 Å². The Balaban J connectivity index is 1.28. The summed E-state index contributed by atoms with van der Waals surface area (Å²) in [6, 6.07) is 0. The van der Waals surface area contributed by atoms with Gasteiger partial charge < -0.3 is 29.7 Å². The van der Waals surface area contributed by atoms with Crippen molar-refractivity contribution in [1.29, 1.82) is 0 Å². The standard InChI is InChI=1S/C52H93N3O5/c1-14-40(37(2)3)23-22-38(4)44-26-27-45-43-25-24-41-36-42(28-30-51(41,12)46(43)29-31-52(44,45)13)58-48(57)55(35-21-33-54-47(56)60-50(9,10)11)34-20-18-16-15-17-19-32-53-39(5)59-49(6,7)8/h24,37-38,40,42-46,53H,5,14-23,25-36H2,1-4,6-13H3,(H,54,56)/t38-,40-,42+,43+,44-,45+,46+,51+,52-/m1/s1.